The number of carbonyl (C=O) groups is 1. The van der Waals surface area contributed by atoms with Gasteiger partial charge >= 0.3 is 0 Å². The van der Waals surface area contributed by atoms with Crippen molar-refractivity contribution in [3.63, 3.8) is 0 Å². The van der Waals surface area contributed by atoms with Crippen molar-refractivity contribution >= 4 is 33.3 Å². The first-order valence-electron chi connectivity index (χ1n) is 11.7. The molecule has 0 saturated carbocycles. The quantitative estimate of drug-likeness (QED) is 0.289. The van der Waals surface area contributed by atoms with Crippen LogP contribution < -0.4 is 15.4 Å². The summed E-state index contributed by atoms with van der Waals surface area (Å²) < 4.78 is 8.17. The van der Waals surface area contributed by atoms with Gasteiger partial charge in [-0.1, -0.05) is 45.8 Å². The van der Waals surface area contributed by atoms with Crippen molar-refractivity contribution < 1.29 is 9.53 Å². The normalized spacial score (nSPS) is 14.8. The number of nitrogens with one attached hydrogen (secondary N) is 2. The van der Waals surface area contributed by atoms with E-state index < -0.39 is 6.04 Å². The van der Waals surface area contributed by atoms with Crippen molar-refractivity contribution in [2.75, 3.05) is 17.7 Å². The summed E-state index contributed by atoms with van der Waals surface area (Å²) in [6.45, 7) is 5.98. The van der Waals surface area contributed by atoms with Gasteiger partial charge in [-0.2, -0.15) is 5.10 Å². The number of benzene rings is 3. The highest BCUT2D eigenvalue weighted by Gasteiger charge is 2.33. The van der Waals surface area contributed by atoms with Crippen LogP contribution in [0.1, 0.15) is 29.7 Å². The molecule has 4 aromatic rings. The van der Waals surface area contributed by atoms with Gasteiger partial charge in [0.2, 0.25) is 0 Å². The van der Waals surface area contributed by atoms with E-state index >= 15 is 0 Å². The molecule has 2 heterocycles. The molecule has 1 unspecified atom stereocenters. The number of aromatic nitrogens is 2. The van der Waals surface area contributed by atoms with Crippen molar-refractivity contribution in [2.24, 2.45) is 0 Å². The minimum absolute atomic E-state index is 0.160. The van der Waals surface area contributed by atoms with E-state index in [0.717, 1.165) is 55.4 Å². The molecule has 1 atom stereocenters. The number of aryl methyl sites for hydroxylation is 2. The standard InChI is InChI=1S/C29H27BrN4O2/c1-17-5-14-24(18(2)15-17)32-29(35)27-19(3)31-26-16-25(20-8-12-23(36-4)13-9-20)33-34(26)28(27)21-6-10-22(30)11-7-21/h5-16,28,31H,1-4H3,(H,32,35). The molecule has 1 aliphatic rings. The SMILES string of the molecule is COc1ccc(-c2cc3n(n2)C(c2ccc(Br)cc2)C(C(=O)Nc2ccc(C)cc2C)=C(C)N3)cc1. The van der Waals surface area contributed by atoms with Gasteiger partial charge < -0.3 is 15.4 Å². The number of methoxy groups -OCH3 is 1. The third-order valence-electron chi connectivity index (χ3n) is 6.42. The first kappa shape index (κ1) is 23.9. The number of halogens is 1. The van der Waals surface area contributed by atoms with Gasteiger partial charge in [-0.05, 0) is 74.4 Å². The van der Waals surface area contributed by atoms with Crippen molar-refractivity contribution in [1.82, 2.24) is 9.78 Å². The van der Waals surface area contributed by atoms with Gasteiger partial charge in [-0.15, -0.1) is 0 Å². The molecule has 3 aromatic carbocycles. The maximum atomic E-state index is 13.7. The van der Waals surface area contributed by atoms with Gasteiger partial charge in [0.25, 0.3) is 5.91 Å². The lowest BCUT2D eigenvalue weighted by Crippen LogP contribution is -2.31. The van der Waals surface area contributed by atoms with E-state index in [1.54, 1.807) is 7.11 Å². The van der Waals surface area contributed by atoms with E-state index in [4.69, 9.17) is 9.84 Å². The Balaban J connectivity index is 1.58. The molecule has 0 saturated heterocycles. The van der Waals surface area contributed by atoms with Gasteiger partial charge in [0.15, 0.2) is 0 Å². The molecule has 6 nitrogen and oxygen atoms in total. The summed E-state index contributed by atoms with van der Waals surface area (Å²) in [4.78, 5) is 13.7. The number of anilines is 2. The molecule has 0 bridgehead atoms. The highest BCUT2D eigenvalue weighted by atomic mass is 79.9. The highest BCUT2D eigenvalue weighted by Crippen LogP contribution is 2.39. The maximum absolute atomic E-state index is 13.7. The third kappa shape index (κ3) is 4.54. The predicted octanol–water partition coefficient (Wildman–Crippen LogP) is 6.87. The van der Waals surface area contributed by atoms with Crippen LogP contribution in [0.3, 0.4) is 0 Å². The summed E-state index contributed by atoms with van der Waals surface area (Å²) in [5, 5.41) is 11.5. The van der Waals surface area contributed by atoms with Crippen LogP contribution in [-0.4, -0.2) is 22.8 Å². The fourth-order valence-electron chi connectivity index (χ4n) is 4.57. The average Bonchev–Trinajstić information content (AvgIpc) is 3.29. The van der Waals surface area contributed by atoms with E-state index in [9.17, 15) is 4.79 Å². The van der Waals surface area contributed by atoms with Crippen molar-refractivity contribution in [1.29, 1.82) is 0 Å². The summed E-state index contributed by atoms with van der Waals surface area (Å²) in [5.74, 6) is 1.46. The second-order valence-electron chi connectivity index (χ2n) is 8.98. The number of fused-ring (bicyclic) bond motifs is 1. The van der Waals surface area contributed by atoms with Crippen molar-refractivity contribution in [3.05, 3.63) is 105 Å². The number of rotatable bonds is 5. The minimum atomic E-state index is -0.396. The summed E-state index contributed by atoms with van der Waals surface area (Å²) >= 11 is 3.53. The molecular weight excluding hydrogens is 516 g/mol. The molecule has 0 radical (unpaired) electrons. The maximum Gasteiger partial charge on any atom is 0.255 e. The van der Waals surface area contributed by atoms with Gasteiger partial charge in [0, 0.05) is 27.5 Å². The topological polar surface area (TPSA) is 68.2 Å². The van der Waals surface area contributed by atoms with Crippen LogP contribution in [0.2, 0.25) is 0 Å². The number of hydrogen-bond donors (Lipinski definition) is 2. The van der Waals surface area contributed by atoms with Crippen LogP contribution in [0.4, 0.5) is 11.5 Å². The number of amides is 1. The van der Waals surface area contributed by atoms with Crippen LogP contribution in [0.25, 0.3) is 11.3 Å². The first-order chi connectivity index (χ1) is 17.3. The first-order valence-corrected chi connectivity index (χ1v) is 12.5. The summed E-state index contributed by atoms with van der Waals surface area (Å²) in [6, 6.07) is 23.4. The molecule has 182 valence electrons. The molecule has 0 aliphatic carbocycles. The largest absolute Gasteiger partial charge is 0.497 e. The summed E-state index contributed by atoms with van der Waals surface area (Å²) in [6.07, 6.45) is 0. The van der Waals surface area contributed by atoms with E-state index in [0.29, 0.717) is 5.57 Å². The molecule has 36 heavy (non-hydrogen) atoms. The number of allylic oxidation sites excluding steroid dienone is 1. The lowest BCUT2D eigenvalue weighted by molar-refractivity contribution is -0.113. The Morgan fingerprint density at radius 1 is 1.00 bits per heavy atom. The fourth-order valence-corrected chi connectivity index (χ4v) is 4.83. The molecule has 1 aromatic heterocycles. The predicted molar refractivity (Wildman–Crippen MR) is 147 cm³/mol. The van der Waals surface area contributed by atoms with Crippen molar-refractivity contribution in [3.8, 4) is 17.0 Å². The molecule has 7 heteroatoms. The molecule has 0 fully saturated rings. The smallest absolute Gasteiger partial charge is 0.255 e. The Labute approximate surface area is 219 Å². The molecule has 1 amide bonds. The Kier molecular flexibility index (Phi) is 6.41. The number of ether oxygens (including phenoxy) is 1. The number of hydrogen-bond acceptors (Lipinski definition) is 4. The van der Waals surface area contributed by atoms with Crippen LogP contribution in [-0.2, 0) is 4.79 Å². The average molecular weight is 543 g/mol. The molecule has 5 rings (SSSR count). The zero-order chi connectivity index (χ0) is 25.4. The molecule has 2 N–H and O–H groups in total. The number of carbonyl (C=O) groups excluding carboxylic acids is 1. The summed E-state index contributed by atoms with van der Waals surface area (Å²) in [7, 11) is 1.65. The molecular formula is C29H27BrN4O2. The van der Waals surface area contributed by atoms with Gasteiger partial charge in [-0.25, -0.2) is 4.68 Å². The molecule has 1 aliphatic heterocycles. The van der Waals surface area contributed by atoms with E-state index in [1.165, 1.54) is 0 Å². The third-order valence-corrected chi connectivity index (χ3v) is 6.95. The lowest BCUT2D eigenvalue weighted by Gasteiger charge is -2.30. The molecule has 0 spiro atoms. The van der Waals surface area contributed by atoms with Gasteiger partial charge in [0.05, 0.1) is 18.4 Å². The Morgan fingerprint density at radius 2 is 1.72 bits per heavy atom. The van der Waals surface area contributed by atoms with E-state index in [1.807, 2.05) is 92.2 Å². The monoisotopic (exact) mass is 542 g/mol. The van der Waals surface area contributed by atoms with Crippen molar-refractivity contribution in [2.45, 2.75) is 26.8 Å². The minimum Gasteiger partial charge on any atom is -0.497 e. The fraction of sp³-hybridized carbons (Fsp3) is 0.172. The number of nitrogens with zero attached hydrogens (tertiary/aromatic N) is 2. The second-order valence-corrected chi connectivity index (χ2v) is 9.89. The Bertz CT molecular complexity index is 1470. The Morgan fingerprint density at radius 3 is 2.39 bits per heavy atom. The zero-order valence-corrected chi connectivity index (χ0v) is 22.2. The van der Waals surface area contributed by atoms with Crippen LogP contribution in [0.15, 0.2) is 88.5 Å². The second kappa shape index (κ2) is 9.66. The zero-order valence-electron chi connectivity index (χ0n) is 20.6. The van der Waals surface area contributed by atoms with Gasteiger partial charge in [0.1, 0.15) is 17.6 Å². The van der Waals surface area contributed by atoms with E-state index in [-0.39, 0.29) is 5.91 Å². The highest BCUT2D eigenvalue weighted by molar-refractivity contribution is 9.10. The lowest BCUT2D eigenvalue weighted by atomic mass is 9.94. The van der Waals surface area contributed by atoms with Crippen LogP contribution in [0, 0.1) is 13.8 Å². The summed E-state index contributed by atoms with van der Waals surface area (Å²) in [5.41, 5.74) is 7.13. The van der Waals surface area contributed by atoms with E-state index in [2.05, 4.69) is 32.6 Å². The van der Waals surface area contributed by atoms with Crippen LogP contribution in [0.5, 0.6) is 5.75 Å². The Hall–Kier alpha value is -3.84. The van der Waals surface area contributed by atoms with Crippen LogP contribution >= 0.6 is 15.9 Å². The van der Waals surface area contributed by atoms with Gasteiger partial charge in [-0.3, -0.25) is 4.79 Å².